The van der Waals surface area contributed by atoms with E-state index < -0.39 is 0 Å². The van der Waals surface area contributed by atoms with E-state index in [4.69, 9.17) is 0 Å². The zero-order valence-electron chi connectivity index (χ0n) is 11.9. The molecule has 0 saturated heterocycles. The lowest BCUT2D eigenvalue weighted by Crippen LogP contribution is -2.27. The minimum atomic E-state index is 0.438. The predicted molar refractivity (Wildman–Crippen MR) is 75.4 cm³/mol. The van der Waals surface area contributed by atoms with Gasteiger partial charge in [-0.2, -0.15) is 0 Å². The third-order valence-corrected chi connectivity index (χ3v) is 4.10. The smallest absolute Gasteiger partial charge is 0.125 e. The van der Waals surface area contributed by atoms with Gasteiger partial charge in [-0.1, -0.05) is 39.0 Å². The lowest BCUT2D eigenvalue weighted by molar-refractivity contribution is 0.293. The first-order valence-corrected chi connectivity index (χ1v) is 7.52. The molecule has 1 aromatic rings. The van der Waals surface area contributed by atoms with Gasteiger partial charge in [0.05, 0.1) is 6.04 Å². The number of nitrogens with zero attached hydrogens (tertiary/aromatic N) is 2. The van der Waals surface area contributed by atoms with Crippen molar-refractivity contribution in [2.75, 3.05) is 6.54 Å². The fourth-order valence-electron chi connectivity index (χ4n) is 3.07. The van der Waals surface area contributed by atoms with Crippen LogP contribution in [0.1, 0.15) is 63.7 Å². The Balaban J connectivity index is 1.98. The average Bonchev–Trinajstić information content (AvgIpc) is 2.82. The maximum atomic E-state index is 4.53. The molecule has 2 rings (SSSR count). The first kappa shape index (κ1) is 13.6. The van der Waals surface area contributed by atoms with Gasteiger partial charge >= 0.3 is 0 Å². The van der Waals surface area contributed by atoms with Crippen LogP contribution in [0, 0.1) is 5.92 Å². The molecule has 3 nitrogen and oxygen atoms in total. The minimum absolute atomic E-state index is 0.438. The molecular weight excluding hydrogens is 222 g/mol. The van der Waals surface area contributed by atoms with Crippen LogP contribution in [0.3, 0.4) is 0 Å². The second kappa shape index (κ2) is 6.93. The van der Waals surface area contributed by atoms with Crippen molar-refractivity contribution in [1.29, 1.82) is 0 Å². The van der Waals surface area contributed by atoms with Gasteiger partial charge in [-0.05, 0) is 25.3 Å². The van der Waals surface area contributed by atoms with Crippen molar-refractivity contribution < 1.29 is 0 Å². The molecule has 1 N–H and O–H groups in total. The van der Waals surface area contributed by atoms with Gasteiger partial charge in [0.1, 0.15) is 5.82 Å². The van der Waals surface area contributed by atoms with Crippen LogP contribution in [-0.4, -0.2) is 16.1 Å². The SMILES string of the molecule is CCCNC(CC1CCCCC1)c1nccn1C. The van der Waals surface area contributed by atoms with Crippen molar-refractivity contribution in [3.05, 3.63) is 18.2 Å². The first-order valence-electron chi connectivity index (χ1n) is 7.52. The highest BCUT2D eigenvalue weighted by Gasteiger charge is 2.22. The Morgan fingerprint density at radius 1 is 1.39 bits per heavy atom. The fraction of sp³-hybridized carbons (Fsp3) is 0.800. The van der Waals surface area contributed by atoms with Crippen molar-refractivity contribution in [3.8, 4) is 0 Å². The first-order chi connectivity index (χ1) is 8.81. The number of nitrogens with one attached hydrogen (secondary N) is 1. The largest absolute Gasteiger partial charge is 0.337 e. The van der Waals surface area contributed by atoms with Crippen molar-refractivity contribution in [1.82, 2.24) is 14.9 Å². The van der Waals surface area contributed by atoms with Crippen molar-refractivity contribution in [2.24, 2.45) is 13.0 Å². The second-order valence-electron chi connectivity index (χ2n) is 5.64. The molecule has 1 aliphatic carbocycles. The molecule has 0 spiro atoms. The Hall–Kier alpha value is -0.830. The highest BCUT2D eigenvalue weighted by atomic mass is 15.1. The van der Waals surface area contributed by atoms with Crippen LogP contribution in [0.2, 0.25) is 0 Å². The summed E-state index contributed by atoms with van der Waals surface area (Å²) in [6.07, 6.45) is 13.5. The molecule has 3 heteroatoms. The van der Waals surface area contributed by atoms with E-state index in [1.807, 2.05) is 6.20 Å². The number of rotatable bonds is 6. The Morgan fingerprint density at radius 3 is 2.78 bits per heavy atom. The Bertz CT molecular complexity index is 339. The monoisotopic (exact) mass is 249 g/mol. The molecular formula is C15H27N3. The summed E-state index contributed by atoms with van der Waals surface area (Å²) in [5.41, 5.74) is 0. The number of aryl methyl sites for hydroxylation is 1. The van der Waals surface area contributed by atoms with E-state index in [2.05, 4.69) is 35.0 Å². The van der Waals surface area contributed by atoms with Crippen molar-refractivity contribution in [2.45, 2.75) is 57.9 Å². The summed E-state index contributed by atoms with van der Waals surface area (Å²) in [6, 6.07) is 0.438. The van der Waals surface area contributed by atoms with Gasteiger partial charge < -0.3 is 9.88 Å². The lowest BCUT2D eigenvalue weighted by atomic mass is 9.84. The van der Waals surface area contributed by atoms with E-state index in [-0.39, 0.29) is 0 Å². The van der Waals surface area contributed by atoms with Crippen LogP contribution >= 0.6 is 0 Å². The van der Waals surface area contributed by atoms with E-state index in [0.717, 1.165) is 12.5 Å². The van der Waals surface area contributed by atoms with E-state index in [0.29, 0.717) is 6.04 Å². The standard InChI is InChI=1S/C15H27N3/c1-3-9-16-14(15-17-10-11-18(15)2)12-13-7-5-4-6-8-13/h10-11,13-14,16H,3-9,12H2,1-2H3. The molecule has 0 bridgehead atoms. The predicted octanol–water partition coefficient (Wildman–Crippen LogP) is 3.43. The fourth-order valence-corrected chi connectivity index (χ4v) is 3.07. The molecule has 1 unspecified atom stereocenters. The average molecular weight is 249 g/mol. The highest BCUT2D eigenvalue weighted by molar-refractivity contribution is 4.99. The highest BCUT2D eigenvalue weighted by Crippen LogP contribution is 2.31. The lowest BCUT2D eigenvalue weighted by Gasteiger charge is -2.27. The number of imidazole rings is 1. The van der Waals surface area contributed by atoms with Crippen LogP contribution in [0.4, 0.5) is 0 Å². The van der Waals surface area contributed by atoms with Crippen LogP contribution < -0.4 is 5.32 Å². The maximum absolute atomic E-state index is 4.53. The molecule has 1 heterocycles. The molecule has 0 aromatic carbocycles. The van der Waals surface area contributed by atoms with Crippen LogP contribution in [0.5, 0.6) is 0 Å². The minimum Gasteiger partial charge on any atom is -0.337 e. The topological polar surface area (TPSA) is 29.9 Å². The summed E-state index contributed by atoms with van der Waals surface area (Å²) < 4.78 is 2.16. The zero-order valence-corrected chi connectivity index (χ0v) is 11.9. The molecule has 1 saturated carbocycles. The molecule has 1 atom stereocenters. The van der Waals surface area contributed by atoms with Crippen LogP contribution in [0.15, 0.2) is 12.4 Å². The normalized spacial score (nSPS) is 19.0. The summed E-state index contributed by atoms with van der Waals surface area (Å²) >= 11 is 0. The van der Waals surface area contributed by atoms with E-state index in [1.165, 1.54) is 50.8 Å². The molecule has 1 aliphatic rings. The molecule has 0 aliphatic heterocycles. The summed E-state index contributed by atoms with van der Waals surface area (Å²) in [5, 5.41) is 3.68. The summed E-state index contributed by atoms with van der Waals surface area (Å²) in [7, 11) is 2.10. The van der Waals surface area contributed by atoms with Crippen molar-refractivity contribution >= 4 is 0 Å². The zero-order chi connectivity index (χ0) is 12.8. The summed E-state index contributed by atoms with van der Waals surface area (Å²) in [6.45, 7) is 3.31. The molecule has 18 heavy (non-hydrogen) atoms. The van der Waals surface area contributed by atoms with Gasteiger partial charge in [0.25, 0.3) is 0 Å². The van der Waals surface area contributed by atoms with E-state index in [9.17, 15) is 0 Å². The van der Waals surface area contributed by atoms with Crippen molar-refractivity contribution in [3.63, 3.8) is 0 Å². The van der Waals surface area contributed by atoms with E-state index >= 15 is 0 Å². The van der Waals surface area contributed by atoms with Gasteiger partial charge in [0, 0.05) is 19.4 Å². The van der Waals surface area contributed by atoms with Gasteiger partial charge in [-0.3, -0.25) is 0 Å². The number of hydrogen-bond donors (Lipinski definition) is 1. The van der Waals surface area contributed by atoms with Crippen LogP contribution in [-0.2, 0) is 7.05 Å². The molecule has 0 amide bonds. The summed E-state index contributed by atoms with van der Waals surface area (Å²) in [5.74, 6) is 2.10. The van der Waals surface area contributed by atoms with E-state index in [1.54, 1.807) is 0 Å². The third-order valence-electron chi connectivity index (χ3n) is 4.10. The summed E-state index contributed by atoms with van der Waals surface area (Å²) in [4.78, 5) is 4.53. The number of aromatic nitrogens is 2. The maximum Gasteiger partial charge on any atom is 0.125 e. The molecule has 0 radical (unpaired) electrons. The number of hydrogen-bond acceptors (Lipinski definition) is 2. The van der Waals surface area contributed by atoms with Gasteiger partial charge in [-0.15, -0.1) is 0 Å². The molecule has 1 aromatic heterocycles. The van der Waals surface area contributed by atoms with Gasteiger partial charge in [0.2, 0.25) is 0 Å². The second-order valence-corrected chi connectivity index (χ2v) is 5.64. The van der Waals surface area contributed by atoms with Crippen LogP contribution in [0.25, 0.3) is 0 Å². The van der Waals surface area contributed by atoms with Gasteiger partial charge in [0.15, 0.2) is 0 Å². The Kier molecular flexibility index (Phi) is 5.24. The Labute approximate surface area is 111 Å². The molecule has 1 fully saturated rings. The Morgan fingerprint density at radius 2 is 2.17 bits per heavy atom. The van der Waals surface area contributed by atoms with Gasteiger partial charge in [-0.25, -0.2) is 4.98 Å². The molecule has 102 valence electrons. The quantitative estimate of drug-likeness (QED) is 0.837. The third kappa shape index (κ3) is 3.58.